The van der Waals surface area contributed by atoms with Gasteiger partial charge in [-0.1, -0.05) is 0 Å². The van der Waals surface area contributed by atoms with Crippen LogP contribution >= 0.6 is 0 Å². The van der Waals surface area contributed by atoms with E-state index in [2.05, 4.69) is 15.3 Å². The van der Waals surface area contributed by atoms with Crippen molar-refractivity contribution in [3.05, 3.63) is 18.2 Å². The van der Waals surface area contributed by atoms with Crippen molar-refractivity contribution < 1.29 is 12.8 Å². The quantitative estimate of drug-likeness (QED) is 0.767. The van der Waals surface area contributed by atoms with Gasteiger partial charge in [0.25, 0.3) is 0 Å². The minimum atomic E-state index is -3.51. The molecule has 1 fully saturated rings. The van der Waals surface area contributed by atoms with E-state index in [1.807, 2.05) is 0 Å². The van der Waals surface area contributed by atoms with Crippen molar-refractivity contribution in [1.82, 2.24) is 15.3 Å². The van der Waals surface area contributed by atoms with E-state index in [0.717, 1.165) is 31.8 Å². The summed E-state index contributed by atoms with van der Waals surface area (Å²) in [5.41, 5.74) is 0. The molecule has 1 aromatic rings. The van der Waals surface area contributed by atoms with Gasteiger partial charge >= 0.3 is 0 Å². The molecule has 1 N–H and O–H groups in total. The third-order valence-corrected chi connectivity index (χ3v) is 4.07. The molecule has 1 atom stereocenters. The van der Waals surface area contributed by atoms with Crippen LogP contribution in [0.25, 0.3) is 0 Å². The number of halogens is 1. The molecular formula is C9H12FN3O2S. The molecule has 0 amide bonds. The van der Waals surface area contributed by atoms with Crippen LogP contribution in [0.15, 0.2) is 17.6 Å². The summed E-state index contributed by atoms with van der Waals surface area (Å²) in [6.07, 6.45) is 3.54. The molecule has 0 aromatic carbocycles. The van der Waals surface area contributed by atoms with Crippen LogP contribution in [0.4, 0.5) is 4.39 Å². The summed E-state index contributed by atoms with van der Waals surface area (Å²) in [7, 11) is -3.51. The van der Waals surface area contributed by atoms with E-state index >= 15 is 0 Å². The number of hydrogen-bond donors (Lipinski definition) is 1. The van der Waals surface area contributed by atoms with Crippen molar-refractivity contribution in [2.24, 2.45) is 0 Å². The Balaban J connectivity index is 2.14. The predicted molar refractivity (Wildman–Crippen MR) is 55.1 cm³/mol. The summed E-state index contributed by atoms with van der Waals surface area (Å²) in [6, 6.07) is -0.0429. The zero-order valence-corrected chi connectivity index (χ0v) is 9.37. The summed E-state index contributed by atoms with van der Waals surface area (Å²) in [6.45, 7) is 0.838. The molecule has 1 aromatic heterocycles. The maximum absolute atomic E-state index is 12.5. The molecule has 2 heterocycles. The summed E-state index contributed by atoms with van der Waals surface area (Å²) in [4.78, 5) is 6.98. The SMILES string of the molecule is O=S(=O)(C[C@@H]1CCCN1)c1ncc(F)cn1. The van der Waals surface area contributed by atoms with E-state index in [9.17, 15) is 12.8 Å². The Bertz CT molecular complexity index is 454. The Morgan fingerprint density at radius 1 is 1.44 bits per heavy atom. The normalized spacial score (nSPS) is 21.2. The number of sulfone groups is 1. The van der Waals surface area contributed by atoms with Gasteiger partial charge in [-0.05, 0) is 19.4 Å². The van der Waals surface area contributed by atoms with Crippen LogP contribution in [0.2, 0.25) is 0 Å². The van der Waals surface area contributed by atoms with Gasteiger partial charge in [0.1, 0.15) is 0 Å². The van der Waals surface area contributed by atoms with Crippen LogP contribution in [0, 0.1) is 5.82 Å². The molecule has 5 nitrogen and oxygen atoms in total. The van der Waals surface area contributed by atoms with Crippen LogP contribution in [-0.2, 0) is 9.84 Å². The Labute approximate surface area is 93.0 Å². The van der Waals surface area contributed by atoms with E-state index in [1.54, 1.807) is 0 Å². The van der Waals surface area contributed by atoms with Gasteiger partial charge in [0.2, 0.25) is 15.0 Å². The summed E-state index contributed by atoms with van der Waals surface area (Å²) >= 11 is 0. The Morgan fingerprint density at radius 2 is 2.12 bits per heavy atom. The maximum atomic E-state index is 12.5. The van der Waals surface area contributed by atoms with E-state index in [4.69, 9.17) is 0 Å². The van der Waals surface area contributed by atoms with E-state index in [0.29, 0.717) is 0 Å². The number of nitrogens with zero attached hydrogens (tertiary/aromatic N) is 2. The van der Waals surface area contributed by atoms with E-state index < -0.39 is 15.7 Å². The number of nitrogens with one attached hydrogen (secondary N) is 1. The highest BCUT2D eigenvalue weighted by atomic mass is 32.2. The number of rotatable bonds is 3. The van der Waals surface area contributed by atoms with Crippen molar-refractivity contribution in [1.29, 1.82) is 0 Å². The van der Waals surface area contributed by atoms with Gasteiger partial charge in [0, 0.05) is 6.04 Å². The molecule has 16 heavy (non-hydrogen) atoms. The van der Waals surface area contributed by atoms with Gasteiger partial charge in [-0.3, -0.25) is 0 Å². The van der Waals surface area contributed by atoms with Crippen molar-refractivity contribution in [3.63, 3.8) is 0 Å². The van der Waals surface area contributed by atoms with Crippen LogP contribution in [0.5, 0.6) is 0 Å². The van der Waals surface area contributed by atoms with E-state index in [-0.39, 0.29) is 17.0 Å². The first-order chi connectivity index (χ1) is 7.58. The Kier molecular flexibility index (Phi) is 3.15. The lowest BCUT2D eigenvalue weighted by atomic mass is 10.3. The average Bonchev–Trinajstić information content (AvgIpc) is 2.70. The summed E-state index contributed by atoms with van der Waals surface area (Å²) in [5.74, 6) is -0.670. The smallest absolute Gasteiger partial charge is 0.247 e. The van der Waals surface area contributed by atoms with Gasteiger partial charge in [-0.15, -0.1) is 0 Å². The van der Waals surface area contributed by atoms with Crippen molar-refractivity contribution in [3.8, 4) is 0 Å². The van der Waals surface area contributed by atoms with Crippen LogP contribution in [0.1, 0.15) is 12.8 Å². The molecule has 0 saturated carbocycles. The lowest BCUT2D eigenvalue weighted by molar-refractivity contribution is 0.562. The minimum absolute atomic E-state index is 0.0291. The molecule has 0 aliphatic carbocycles. The minimum Gasteiger partial charge on any atom is -0.313 e. The second-order valence-corrected chi connectivity index (χ2v) is 5.69. The standard InChI is InChI=1S/C9H12FN3O2S/c10-7-4-12-9(13-5-7)16(14,15)6-8-2-1-3-11-8/h4-5,8,11H,1-3,6H2/t8-/m0/s1. The first kappa shape index (κ1) is 11.4. The van der Waals surface area contributed by atoms with Crippen LogP contribution in [0.3, 0.4) is 0 Å². The fourth-order valence-corrected chi connectivity index (χ4v) is 3.09. The zero-order valence-electron chi connectivity index (χ0n) is 8.56. The van der Waals surface area contributed by atoms with Crippen molar-refractivity contribution in [2.45, 2.75) is 24.0 Å². The van der Waals surface area contributed by atoms with Crippen molar-refractivity contribution in [2.75, 3.05) is 12.3 Å². The average molecular weight is 245 g/mol. The molecule has 0 unspecified atom stereocenters. The first-order valence-corrected chi connectivity index (χ1v) is 6.67. The largest absolute Gasteiger partial charge is 0.313 e. The molecular weight excluding hydrogens is 233 g/mol. The molecule has 0 bridgehead atoms. The third kappa shape index (κ3) is 2.53. The molecule has 0 spiro atoms. The molecule has 7 heteroatoms. The highest BCUT2D eigenvalue weighted by Gasteiger charge is 2.25. The van der Waals surface area contributed by atoms with Gasteiger partial charge in [-0.25, -0.2) is 22.8 Å². The monoisotopic (exact) mass is 245 g/mol. The van der Waals surface area contributed by atoms with Gasteiger partial charge < -0.3 is 5.32 Å². The van der Waals surface area contributed by atoms with Gasteiger partial charge in [0.15, 0.2) is 5.82 Å². The molecule has 1 saturated heterocycles. The van der Waals surface area contributed by atoms with Gasteiger partial charge in [0.05, 0.1) is 18.1 Å². The fourth-order valence-electron chi connectivity index (χ4n) is 1.70. The summed E-state index contributed by atoms with van der Waals surface area (Å²) < 4.78 is 36.2. The molecule has 0 radical (unpaired) electrons. The molecule has 1 aliphatic rings. The topological polar surface area (TPSA) is 72.0 Å². The predicted octanol–water partition coefficient (Wildman–Crippen LogP) is 0.141. The van der Waals surface area contributed by atoms with Crippen LogP contribution < -0.4 is 5.32 Å². The maximum Gasteiger partial charge on any atom is 0.247 e. The van der Waals surface area contributed by atoms with Crippen molar-refractivity contribution >= 4 is 9.84 Å². The van der Waals surface area contributed by atoms with Crippen LogP contribution in [-0.4, -0.2) is 36.7 Å². The van der Waals surface area contributed by atoms with E-state index in [1.165, 1.54) is 0 Å². The Morgan fingerprint density at radius 3 is 2.69 bits per heavy atom. The molecule has 2 rings (SSSR count). The lowest BCUT2D eigenvalue weighted by Gasteiger charge is -2.09. The fraction of sp³-hybridized carbons (Fsp3) is 0.556. The number of hydrogen-bond acceptors (Lipinski definition) is 5. The number of aromatic nitrogens is 2. The highest BCUT2D eigenvalue weighted by molar-refractivity contribution is 7.91. The second-order valence-electron chi connectivity index (χ2n) is 3.76. The highest BCUT2D eigenvalue weighted by Crippen LogP contribution is 2.12. The zero-order chi connectivity index (χ0) is 11.6. The molecule has 88 valence electrons. The second kappa shape index (κ2) is 4.42. The summed E-state index contributed by atoms with van der Waals surface area (Å²) in [5, 5.41) is 2.78. The molecule has 1 aliphatic heterocycles. The van der Waals surface area contributed by atoms with Gasteiger partial charge in [-0.2, -0.15) is 0 Å². The third-order valence-electron chi connectivity index (χ3n) is 2.46. The lowest BCUT2D eigenvalue weighted by Crippen LogP contribution is -2.30. The first-order valence-electron chi connectivity index (χ1n) is 5.01. The Hall–Kier alpha value is -1.08.